The molecule has 3 nitrogen and oxygen atoms in total. The molecule has 2 aromatic carbocycles. The molecule has 0 aromatic heterocycles. The third kappa shape index (κ3) is 3.48. The van der Waals surface area contributed by atoms with Gasteiger partial charge < -0.3 is 10.2 Å². The van der Waals surface area contributed by atoms with Crippen LogP contribution in [0.2, 0.25) is 0 Å². The van der Waals surface area contributed by atoms with Crippen molar-refractivity contribution in [1.82, 2.24) is 4.90 Å². The fraction of sp³-hybridized carbons (Fsp3) is 0.435. The van der Waals surface area contributed by atoms with E-state index in [2.05, 4.69) is 42.6 Å². The van der Waals surface area contributed by atoms with Crippen LogP contribution in [0.5, 0.6) is 0 Å². The van der Waals surface area contributed by atoms with Crippen molar-refractivity contribution >= 4 is 22.5 Å². The first kappa shape index (κ1) is 17.1. The summed E-state index contributed by atoms with van der Waals surface area (Å²) in [5.41, 5.74) is 0.905. The van der Waals surface area contributed by atoms with Crippen molar-refractivity contribution in [2.45, 2.75) is 32.6 Å². The minimum atomic E-state index is 0.0431. The zero-order valence-electron chi connectivity index (χ0n) is 15.5. The maximum Gasteiger partial charge on any atom is 0.321 e. The maximum atomic E-state index is 13.1. The van der Waals surface area contributed by atoms with Gasteiger partial charge in [0.1, 0.15) is 0 Å². The second-order valence-electron chi connectivity index (χ2n) is 7.80. The number of unbranched alkanes of at least 4 members (excludes halogenated alkanes) is 1. The quantitative estimate of drug-likeness (QED) is 0.669. The lowest BCUT2D eigenvalue weighted by Gasteiger charge is -2.29. The van der Waals surface area contributed by atoms with Crippen LogP contribution in [0, 0.1) is 17.8 Å². The number of carbonyl (C=O) groups is 1. The van der Waals surface area contributed by atoms with E-state index in [0.29, 0.717) is 11.8 Å². The van der Waals surface area contributed by atoms with Crippen LogP contribution in [0.3, 0.4) is 0 Å². The highest BCUT2D eigenvalue weighted by Crippen LogP contribution is 2.43. The van der Waals surface area contributed by atoms with Crippen LogP contribution in [-0.4, -0.2) is 24.0 Å². The van der Waals surface area contributed by atoms with Gasteiger partial charge in [-0.2, -0.15) is 0 Å². The highest BCUT2D eigenvalue weighted by atomic mass is 16.2. The van der Waals surface area contributed by atoms with Crippen LogP contribution in [-0.2, 0) is 0 Å². The standard InChI is InChI=1S/C23H28N2O/c1-2-3-13-25(16-20-15-17-11-12-19(20)14-17)23(26)24-22-10-6-8-18-7-4-5-9-21(18)22/h4-12,17,19-20H,2-3,13-16H2,1H3,(H,24,26). The second kappa shape index (κ2) is 7.53. The summed E-state index contributed by atoms with van der Waals surface area (Å²) < 4.78 is 0. The normalized spacial score (nSPS) is 23.5. The maximum absolute atomic E-state index is 13.1. The van der Waals surface area contributed by atoms with Gasteiger partial charge >= 0.3 is 6.03 Å². The summed E-state index contributed by atoms with van der Waals surface area (Å²) in [6.45, 7) is 3.90. The molecular formula is C23H28N2O. The molecule has 1 saturated carbocycles. The van der Waals surface area contributed by atoms with Gasteiger partial charge in [0.2, 0.25) is 0 Å². The Morgan fingerprint density at radius 2 is 1.96 bits per heavy atom. The Balaban J connectivity index is 1.49. The van der Waals surface area contributed by atoms with E-state index in [1.54, 1.807) is 0 Å². The van der Waals surface area contributed by atoms with Crippen molar-refractivity contribution in [2.24, 2.45) is 17.8 Å². The van der Waals surface area contributed by atoms with Crippen molar-refractivity contribution in [3.8, 4) is 0 Å². The molecule has 0 radical (unpaired) electrons. The smallest absolute Gasteiger partial charge is 0.321 e. The molecule has 1 N–H and O–H groups in total. The summed E-state index contributed by atoms with van der Waals surface area (Å²) in [6.07, 6.45) is 9.43. The average Bonchev–Trinajstić information content (AvgIpc) is 3.28. The average molecular weight is 348 g/mol. The topological polar surface area (TPSA) is 32.3 Å². The van der Waals surface area contributed by atoms with Gasteiger partial charge in [-0.25, -0.2) is 4.79 Å². The van der Waals surface area contributed by atoms with E-state index in [9.17, 15) is 4.79 Å². The number of amides is 2. The third-order valence-electron chi connectivity index (χ3n) is 5.97. The SMILES string of the molecule is CCCCN(CC1CC2C=CC1C2)C(=O)Nc1cccc2ccccc12. The van der Waals surface area contributed by atoms with E-state index in [1.165, 1.54) is 12.8 Å². The zero-order chi connectivity index (χ0) is 17.9. The first-order valence-electron chi connectivity index (χ1n) is 9.96. The number of nitrogens with zero attached hydrogens (tertiary/aromatic N) is 1. The Labute approximate surface area is 156 Å². The molecule has 4 rings (SSSR count). The van der Waals surface area contributed by atoms with Crippen LogP contribution < -0.4 is 5.32 Å². The molecular weight excluding hydrogens is 320 g/mol. The molecule has 2 aliphatic rings. The molecule has 2 aromatic rings. The van der Waals surface area contributed by atoms with Gasteiger partial charge in [0, 0.05) is 18.5 Å². The second-order valence-corrected chi connectivity index (χ2v) is 7.80. The lowest BCUT2D eigenvalue weighted by molar-refractivity contribution is 0.194. The zero-order valence-corrected chi connectivity index (χ0v) is 15.5. The van der Waals surface area contributed by atoms with E-state index in [-0.39, 0.29) is 6.03 Å². The number of anilines is 1. The monoisotopic (exact) mass is 348 g/mol. The Hall–Kier alpha value is -2.29. The van der Waals surface area contributed by atoms with Gasteiger partial charge in [-0.05, 0) is 48.5 Å². The van der Waals surface area contributed by atoms with Crippen LogP contribution >= 0.6 is 0 Å². The summed E-state index contributed by atoms with van der Waals surface area (Å²) in [5, 5.41) is 5.44. The molecule has 1 fully saturated rings. The lowest BCUT2D eigenvalue weighted by Crippen LogP contribution is -2.40. The number of hydrogen-bond donors (Lipinski definition) is 1. The fourth-order valence-electron chi connectivity index (χ4n) is 4.54. The molecule has 2 bridgehead atoms. The van der Waals surface area contributed by atoms with Crippen molar-refractivity contribution in [2.75, 3.05) is 18.4 Å². The first-order chi connectivity index (χ1) is 12.7. The molecule has 0 heterocycles. The molecule has 2 aliphatic carbocycles. The largest absolute Gasteiger partial charge is 0.324 e. The van der Waals surface area contributed by atoms with Gasteiger partial charge in [-0.3, -0.25) is 0 Å². The van der Waals surface area contributed by atoms with Gasteiger partial charge in [0.05, 0.1) is 5.69 Å². The number of urea groups is 1. The van der Waals surface area contributed by atoms with E-state index in [0.717, 1.165) is 48.3 Å². The molecule has 2 amide bonds. The number of allylic oxidation sites excluding steroid dienone is 2. The van der Waals surface area contributed by atoms with Crippen LogP contribution in [0.25, 0.3) is 10.8 Å². The van der Waals surface area contributed by atoms with Crippen molar-refractivity contribution < 1.29 is 4.79 Å². The van der Waals surface area contributed by atoms with Crippen LogP contribution in [0.4, 0.5) is 10.5 Å². The summed E-state index contributed by atoms with van der Waals surface area (Å²) in [6, 6.07) is 14.3. The fourth-order valence-corrected chi connectivity index (χ4v) is 4.54. The van der Waals surface area contributed by atoms with Crippen molar-refractivity contribution in [3.63, 3.8) is 0 Å². The number of rotatable bonds is 6. The molecule has 0 aliphatic heterocycles. The van der Waals surface area contributed by atoms with E-state index in [1.807, 2.05) is 29.2 Å². The number of hydrogen-bond acceptors (Lipinski definition) is 1. The predicted octanol–water partition coefficient (Wildman–Crippen LogP) is 5.69. The van der Waals surface area contributed by atoms with Crippen LogP contribution in [0.15, 0.2) is 54.6 Å². The third-order valence-corrected chi connectivity index (χ3v) is 5.97. The van der Waals surface area contributed by atoms with Crippen molar-refractivity contribution in [3.05, 3.63) is 54.6 Å². The Morgan fingerprint density at radius 3 is 2.73 bits per heavy atom. The minimum absolute atomic E-state index is 0.0431. The Morgan fingerprint density at radius 1 is 1.12 bits per heavy atom. The van der Waals surface area contributed by atoms with E-state index in [4.69, 9.17) is 0 Å². The van der Waals surface area contributed by atoms with E-state index < -0.39 is 0 Å². The van der Waals surface area contributed by atoms with Crippen molar-refractivity contribution in [1.29, 1.82) is 0 Å². The van der Waals surface area contributed by atoms with Gasteiger partial charge in [-0.1, -0.05) is 61.9 Å². The summed E-state index contributed by atoms with van der Waals surface area (Å²) in [4.78, 5) is 15.1. The summed E-state index contributed by atoms with van der Waals surface area (Å²) in [7, 11) is 0. The highest BCUT2D eigenvalue weighted by Gasteiger charge is 2.37. The molecule has 26 heavy (non-hydrogen) atoms. The number of carbonyl (C=O) groups excluding carboxylic acids is 1. The molecule has 136 valence electrons. The summed E-state index contributed by atoms with van der Waals surface area (Å²) >= 11 is 0. The molecule has 3 unspecified atom stereocenters. The lowest BCUT2D eigenvalue weighted by atomic mass is 9.93. The number of benzene rings is 2. The Kier molecular flexibility index (Phi) is 4.96. The predicted molar refractivity (Wildman–Crippen MR) is 108 cm³/mol. The van der Waals surface area contributed by atoms with Gasteiger partial charge in [0.25, 0.3) is 0 Å². The Bertz CT molecular complexity index is 807. The highest BCUT2D eigenvalue weighted by molar-refractivity contribution is 6.01. The van der Waals surface area contributed by atoms with Crippen LogP contribution in [0.1, 0.15) is 32.6 Å². The van der Waals surface area contributed by atoms with Gasteiger partial charge in [-0.15, -0.1) is 0 Å². The molecule has 0 spiro atoms. The molecule has 3 heteroatoms. The number of nitrogens with one attached hydrogen (secondary N) is 1. The minimum Gasteiger partial charge on any atom is -0.324 e. The van der Waals surface area contributed by atoms with E-state index >= 15 is 0 Å². The molecule has 0 saturated heterocycles. The first-order valence-corrected chi connectivity index (χ1v) is 9.96. The number of fused-ring (bicyclic) bond motifs is 3. The van der Waals surface area contributed by atoms with Gasteiger partial charge in [0.15, 0.2) is 0 Å². The summed E-state index contributed by atoms with van der Waals surface area (Å²) in [5.74, 6) is 2.05. The molecule has 3 atom stereocenters.